The number of ether oxygens (including phenoxy) is 1. The zero-order chi connectivity index (χ0) is 6.57. The number of rotatable bonds is 3. The molecule has 50 valence electrons. The Morgan fingerprint density at radius 1 is 1.50 bits per heavy atom. The zero-order valence-corrected chi connectivity index (χ0v) is 5.42. The molecule has 2 atom stereocenters. The van der Waals surface area contributed by atoms with E-state index in [4.69, 9.17) is 16.2 Å². The maximum Gasteiger partial charge on any atom is 0.120 e. The molecule has 0 bridgehead atoms. The van der Waals surface area contributed by atoms with Gasteiger partial charge >= 0.3 is 0 Å². The lowest BCUT2D eigenvalue weighted by Gasteiger charge is -2.14. The SMILES string of the molecule is CCOC(N)C(C)N. The van der Waals surface area contributed by atoms with Crippen LogP contribution in [-0.4, -0.2) is 18.9 Å². The largest absolute Gasteiger partial charge is 0.362 e. The van der Waals surface area contributed by atoms with E-state index >= 15 is 0 Å². The summed E-state index contributed by atoms with van der Waals surface area (Å²) in [6, 6.07) is -0.0741. The first-order valence-electron chi connectivity index (χ1n) is 2.81. The number of hydrogen-bond donors (Lipinski definition) is 2. The van der Waals surface area contributed by atoms with Gasteiger partial charge in [-0.3, -0.25) is 0 Å². The summed E-state index contributed by atoms with van der Waals surface area (Å²) in [7, 11) is 0. The lowest BCUT2D eigenvalue weighted by atomic mass is 10.3. The van der Waals surface area contributed by atoms with E-state index in [0.29, 0.717) is 6.61 Å². The molecule has 0 amide bonds. The zero-order valence-electron chi connectivity index (χ0n) is 5.42. The predicted octanol–water partition coefficient (Wildman–Crippen LogP) is -0.345. The fourth-order valence-corrected chi connectivity index (χ4v) is 0.344. The van der Waals surface area contributed by atoms with Gasteiger partial charge in [-0.15, -0.1) is 0 Å². The van der Waals surface area contributed by atoms with Crippen molar-refractivity contribution >= 4 is 0 Å². The van der Waals surface area contributed by atoms with Crippen LogP contribution in [0, 0.1) is 0 Å². The third-order valence-electron chi connectivity index (χ3n) is 0.877. The highest BCUT2D eigenvalue weighted by Crippen LogP contribution is 1.85. The van der Waals surface area contributed by atoms with E-state index in [1.54, 1.807) is 0 Å². The topological polar surface area (TPSA) is 61.3 Å². The minimum absolute atomic E-state index is 0.0741. The third kappa shape index (κ3) is 2.96. The first kappa shape index (κ1) is 7.88. The molecule has 0 aliphatic rings. The van der Waals surface area contributed by atoms with Gasteiger partial charge in [0.1, 0.15) is 6.23 Å². The van der Waals surface area contributed by atoms with E-state index in [1.807, 2.05) is 13.8 Å². The lowest BCUT2D eigenvalue weighted by Crippen LogP contribution is -2.40. The molecule has 4 N–H and O–H groups in total. The highest BCUT2D eigenvalue weighted by atomic mass is 16.5. The van der Waals surface area contributed by atoms with Crippen molar-refractivity contribution in [3.05, 3.63) is 0 Å². The van der Waals surface area contributed by atoms with Gasteiger partial charge in [-0.1, -0.05) is 0 Å². The van der Waals surface area contributed by atoms with Crippen LogP contribution in [0.3, 0.4) is 0 Å². The van der Waals surface area contributed by atoms with Crippen molar-refractivity contribution in [3.8, 4) is 0 Å². The molecule has 0 spiro atoms. The van der Waals surface area contributed by atoms with Crippen LogP contribution in [-0.2, 0) is 4.74 Å². The van der Waals surface area contributed by atoms with Gasteiger partial charge in [0, 0.05) is 12.6 Å². The van der Waals surface area contributed by atoms with Crippen LogP contribution >= 0.6 is 0 Å². The minimum Gasteiger partial charge on any atom is -0.362 e. The summed E-state index contributed by atoms with van der Waals surface area (Å²) < 4.78 is 4.96. The fourth-order valence-electron chi connectivity index (χ4n) is 0.344. The van der Waals surface area contributed by atoms with Gasteiger partial charge in [0.2, 0.25) is 0 Å². The Morgan fingerprint density at radius 3 is 2.12 bits per heavy atom. The van der Waals surface area contributed by atoms with Crippen LogP contribution in [0.25, 0.3) is 0 Å². The summed E-state index contributed by atoms with van der Waals surface area (Å²) in [4.78, 5) is 0. The van der Waals surface area contributed by atoms with Crippen molar-refractivity contribution in [2.24, 2.45) is 11.5 Å². The molecule has 0 aliphatic carbocycles. The maximum atomic E-state index is 5.38. The molecule has 2 unspecified atom stereocenters. The molecule has 0 aromatic carbocycles. The molecule has 0 aliphatic heterocycles. The first-order chi connectivity index (χ1) is 3.68. The van der Waals surface area contributed by atoms with Gasteiger partial charge in [-0.05, 0) is 13.8 Å². The van der Waals surface area contributed by atoms with Crippen LogP contribution < -0.4 is 11.5 Å². The summed E-state index contributed by atoms with van der Waals surface area (Å²) in [5.74, 6) is 0. The molecule has 0 saturated heterocycles. The lowest BCUT2D eigenvalue weighted by molar-refractivity contribution is 0.0531. The average molecular weight is 118 g/mol. The highest BCUT2D eigenvalue weighted by molar-refractivity contribution is 4.59. The molecule has 8 heavy (non-hydrogen) atoms. The Kier molecular flexibility index (Phi) is 3.77. The van der Waals surface area contributed by atoms with E-state index < -0.39 is 0 Å². The van der Waals surface area contributed by atoms with Crippen molar-refractivity contribution in [2.75, 3.05) is 6.61 Å². The van der Waals surface area contributed by atoms with Crippen molar-refractivity contribution in [1.82, 2.24) is 0 Å². The summed E-state index contributed by atoms with van der Waals surface area (Å²) in [5, 5.41) is 0. The monoisotopic (exact) mass is 118 g/mol. The second kappa shape index (κ2) is 3.83. The van der Waals surface area contributed by atoms with E-state index in [1.165, 1.54) is 0 Å². The van der Waals surface area contributed by atoms with Crippen molar-refractivity contribution < 1.29 is 4.74 Å². The number of nitrogens with two attached hydrogens (primary N) is 2. The Hall–Kier alpha value is -0.120. The van der Waals surface area contributed by atoms with Crippen molar-refractivity contribution in [2.45, 2.75) is 26.1 Å². The van der Waals surface area contributed by atoms with E-state index in [2.05, 4.69) is 0 Å². The van der Waals surface area contributed by atoms with Crippen LogP contribution in [0.4, 0.5) is 0 Å². The van der Waals surface area contributed by atoms with Gasteiger partial charge < -0.3 is 16.2 Å². The third-order valence-corrected chi connectivity index (χ3v) is 0.877. The number of hydrogen-bond acceptors (Lipinski definition) is 3. The molecule has 3 nitrogen and oxygen atoms in total. The van der Waals surface area contributed by atoms with E-state index in [9.17, 15) is 0 Å². The average Bonchev–Trinajstić information content (AvgIpc) is 1.67. The van der Waals surface area contributed by atoms with Crippen LogP contribution in [0.15, 0.2) is 0 Å². The van der Waals surface area contributed by atoms with Gasteiger partial charge in [0.05, 0.1) is 0 Å². The van der Waals surface area contributed by atoms with Gasteiger partial charge in [-0.25, -0.2) is 0 Å². The Bertz CT molecular complexity index is 56.4. The highest BCUT2D eigenvalue weighted by Gasteiger charge is 2.04. The first-order valence-corrected chi connectivity index (χ1v) is 2.81. The summed E-state index contributed by atoms with van der Waals surface area (Å²) in [5.41, 5.74) is 10.8. The predicted molar refractivity (Wildman–Crippen MR) is 33.3 cm³/mol. The molecule has 0 aromatic rings. The minimum atomic E-state index is -0.306. The second-order valence-electron chi connectivity index (χ2n) is 1.78. The van der Waals surface area contributed by atoms with Gasteiger partial charge in [0.25, 0.3) is 0 Å². The summed E-state index contributed by atoms with van der Waals surface area (Å²) in [6.07, 6.45) is -0.306. The fraction of sp³-hybridized carbons (Fsp3) is 1.00. The van der Waals surface area contributed by atoms with Crippen molar-refractivity contribution in [1.29, 1.82) is 0 Å². The summed E-state index contributed by atoms with van der Waals surface area (Å²) >= 11 is 0. The molecule has 0 fully saturated rings. The standard InChI is InChI=1S/C5H14N2O/c1-3-8-5(7)4(2)6/h4-5H,3,6-7H2,1-2H3. The molecule has 0 heterocycles. The molecule has 0 rings (SSSR count). The van der Waals surface area contributed by atoms with Gasteiger partial charge in [-0.2, -0.15) is 0 Å². The Morgan fingerprint density at radius 2 is 2.00 bits per heavy atom. The van der Waals surface area contributed by atoms with E-state index in [-0.39, 0.29) is 12.3 Å². The molecular formula is C5H14N2O. The molecule has 0 radical (unpaired) electrons. The molecular weight excluding hydrogens is 104 g/mol. The normalized spacial score (nSPS) is 18.0. The second-order valence-corrected chi connectivity index (χ2v) is 1.78. The molecule has 3 heteroatoms. The molecule has 0 aromatic heterocycles. The van der Waals surface area contributed by atoms with Gasteiger partial charge in [0.15, 0.2) is 0 Å². The Balaban J connectivity index is 3.17. The maximum absolute atomic E-state index is 5.38. The Labute approximate surface area is 50.0 Å². The van der Waals surface area contributed by atoms with Crippen LogP contribution in [0.5, 0.6) is 0 Å². The quantitative estimate of drug-likeness (QED) is 0.498. The summed E-state index contributed by atoms with van der Waals surface area (Å²) in [6.45, 7) is 4.34. The van der Waals surface area contributed by atoms with Crippen LogP contribution in [0.2, 0.25) is 0 Å². The van der Waals surface area contributed by atoms with Crippen molar-refractivity contribution in [3.63, 3.8) is 0 Å². The smallest absolute Gasteiger partial charge is 0.120 e. The van der Waals surface area contributed by atoms with Crippen LogP contribution in [0.1, 0.15) is 13.8 Å². The molecule has 0 saturated carbocycles. The van der Waals surface area contributed by atoms with E-state index in [0.717, 1.165) is 0 Å².